The number of ether oxygens (including phenoxy) is 1. The molecule has 0 unspecified atom stereocenters. The van der Waals surface area contributed by atoms with Gasteiger partial charge in [-0.2, -0.15) is 5.10 Å². The van der Waals surface area contributed by atoms with Crippen LogP contribution in [0.3, 0.4) is 0 Å². The third-order valence-electron chi connectivity index (χ3n) is 4.50. The first-order chi connectivity index (χ1) is 13.3. The molecule has 1 N–H and O–H groups in total. The zero-order chi connectivity index (χ0) is 20.3. The minimum Gasteiger partial charge on any atom is -0.375 e. The molecule has 1 heterocycles. The Labute approximate surface area is 165 Å². The minimum absolute atomic E-state index is 0.0453. The van der Waals surface area contributed by atoms with Crippen molar-refractivity contribution in [3.63, 3.8) is 0 Å². The lowest BCUT2D eigenvalue weighted by Crippen LogP contribution is -2.30. The molecule has 28 heavy (non-hydrogen) atoms. The Kier molecular flexibility index (Phi) is 5.81. The smallest absolute Gasteiger partial charge is 0.269 e. The van der Waals surface area contributed by atoms with Crippen LogP contribution in [-0.2, 0) is 19.6 Å². The molecule has 7 nitrogen and oxygen atoms in total. The number of nitrogens with zero attached hydrogens (tertiary/aromatic N) is 2. The van der Waals surface area contributed by atoms with E-state index in [4.69, 9.17) is 4.74 Å². The van der Waals surface area contributed by atoms with Crippen molar-refractivity contribution in [1.82, 2.24) is 5.01 Å². The van der Waals surface area contributed by atoms with E-state index >= 15 is 0 Å². The summed E-state index contributed by atoms with van der Waals surface area (Å²) in [4.78, 5) is 12.5. The number of methoxy groups -OCH3 is 1. The van der Waals surface area contributed by atoms with Crippen molar-refractivity contribution in [2.75, 3.05) is 24.7 Å². The van der Waals surface area contributed by atoms with Crippen LogP contribution in [0.25, 0.3) is 0 Å². The molecule has 148 valence electrons. The van der Waals surface area contributed by atoms with Gasteiger partial charge < -0.3 is 4.74 Å². The molecule has 0 aromatic heterocycles. The second-order valence-corrected chi connectivity index (χ2v) is 8.49. The Morgan fingerprint density at radius 2 is 1.89 bits per heavy atom. The second-order valence-electron chi connectivity index (χ2n) is 6.75. The van der Waals surface area contributed by atoms with E-state index in [1.165, 1.54) is 12.1 Å². The van der Waals surface area contributed by atoms with Crippen molar-refractivity contribution in [3.05, 3.63) is 65.2 Å². The summed E-state index contributed by atoms with van der Waals surface area (Å²) in [5.74, 6) is -0.207. The molecule has 0 saturated heterocycles. The van der Waals surface area contributed by atoms with Crippen molar-refractivity contribution in [2.24, 2.45) is 5.10 Å². The number of benzene rings is 2. The maximum Gasteiger partial charge on any atom is 0.269 e. The predicted octanol–water partition coefficient (Wildman–Crippen LogP) is 2.69. The summed E-state index contributed by atoms with van der Waals surface area (Å²) < 4.78 is 30.2. The lowest BCUT2D eigenvalue weighted by atomic mass is 9.95. The summed E-state index contributed by atoms with van der Waals surface area (Å²) in [6, 6.07) is 14.7. The quantitative estimate of drug-likeness (QED) is 0.806. The molecule has 0 fully saturated rings. The number of aryl methyl sites for hydroxylation is 1. The third-order valence-corrected chi connectivity index (χ3v) is 5.11. The first-order valence-corrected chi connectivity index (χ1v) is 10.7. The highest BCUT2D eigenvalue weighted by Gasteiger charge is 2.33. The molecule has 1 aliphatic heterocycles. The van der Waals surface area contributed by atoms with Gasteiger partial charge in [0.1, 0.15) is 6.61 Å². The van der Waals surface area contributed by atoms with Gasteiger partial charge in [0, 0.05) is 19.2 Å². The van der Waals surface area contributed by atoms with Crippen LogP contribution in [0, 0.1) is 6.92 Å². The van der Waals surface area contributed by atoms with Gasteiger partial charge in [-0.3, -0.25) is 9.52 Å². The van der Waals surface area contributed by atoms with Gasteiger partial charge in [0.05, 0.1) is 18.0 Å². The zero-order valence-electron chi connectivity index (χ0n) is 16.0. The number of nitrogens with one attached hydrogen (secondary N) is 1. The standard InChI is InChI=1S/C20H23N3O4S/c1-14-6-4-5-7-17(14)19-12-18(21-23(19)20(24)13-27-2)15-8-10-16(11-9-15)22-28(3,25)26/h4-11,19,22H,12-13H2,1-3H3/t19-/m0/s1. The van der Waals surface area contributed by atoms with Crippen molar-refractivity contribution in [1.29, 1.82) is 0 Å². The van der Waals surface area contributed by atoms with E-state index in [0.717, 1.165) is 28.7 Å². The fourth-order valence-corrected chi connectivity index (χ4v) is 3.82. The van der Waals surface area contributed by atoms with E-state index < -0.39 is 10.0 Å². The van der Waals surface area contributed by atoms with Crippen LogP contribution in [-0.4, -0.2) is 45.0 Å². The van der Waals surface area contributed by atoms with Gasteiger partial charge in [-0.05, 0) is 35.7 Å². The summed E-state index contributed by atoms with van der Waals surface area (Å²) in [6.07, 6.45) is 1.67. The van der Waals surface area contributed by atoms with Crippen LogP contribution in [0.15, 0.2) is 53.6 Å². The molecule has 3 rings (SSSR count). The van der Waals surface area contributed by atoms with Crippen molar-refractivity contribution < 1.29 is 17.9 Å². The molecular formula is C20H23N3O4S. The number of hydrogen-bond donors (Lipinski definition) is 1. The largest absolute Gasteiger partial charge is 0.375 e. The maximum absolute atomic E-state index is 12.5. The molecule has 1 atom stereocenters. The normalized spacial score (nSPS) is 16.8. The molecule has 1 amide bonds. The van der Waals surface area contributed by atoms with Crippen LogP contribution in [0.2, 0.25) is 0 Å². The number of rotatable bonds is 6. The number of anilines is 1. The summed E-state index contributed by atoms with van der Waals surface area (Å²) >= 11 is 0. The lowest BCUT2D eigenvalue weighted by molar-refractivity contribution is -0.137. The predicted molar refractivity (Wildman–Crippen MR) is 109 cm³/mol. The van der Waals surface area contributed by atoms with E-state index in [1.807, 2.05) is 31.2 Å². The Hall–Kier alpha value is -2.71. The van der Waals surface area contributed by atoms with E-state index in [0.29, 0.717) is 12.1 Å². The van der Waals surface area contributed by atoms with Gasteiger partial charge in [-0.15, -0.1) is 0 Å². The molecule has 8 heteroatoms. The van der Waals surface area contributed by atoms with Crippen molar-refractivity contribution >= 4 is 27.3 Å². The topological polar surface area (TPSA) is 88.1 Å². The number of amides is 1. The van der Waals surface area contributed by atoms with Crippen LogP contribution >= 0.6 is 0 Å². The van der Waals surface area contributed by atoms with Gasteiger partial charge in [0.2, 0.25) is 10.0 Å². The lowest BCUT2D eigenvalue weighted by Gasteiger charge is -2.23. The average Bonchev–Trinajstić information content (AvgIpc) is 3.07. The molecule has 0 aliphatic carbocycles. The van der Waals surface area contributed by atoms with Crippen LogP contribution in [0.4, 0.5) is 5.69 Å². The first-order valence-electron chi connectivity index (χ1n) is 8.80. The highest BCUT2D eigenvalue weighted by molar-refractivity contribution is 7.92. The number of sulfonamides is 1. The number of hydrazone groups is 1. The minimum atomic E-state index is -3.33. The average molecular weight is 401 g/mol. The summed E-state index contributed by atoms with van der Waals surface area (Å²) in [7, 11) is -1.85. The summed E-state index contributed by atoms with van der Waals surface area (Å²) in [5, 5.41) is 6.05. The number of carbonyl (C=O) groups is 1. The van der Waals surface area contributed by atoms with Crippen molar-refractivity contribution in [3.8, 4) is 0 Å². The molecule has 0 bridgehead atoms. The van der Waals surface area contributed by atoms with Gasteiger partial charge in [0.15, 0.2) is 0 Å². The summed E-state index contributed by atoms with van der Waals surface area (Å²) in [6.45, 7) is 1.97. The van der Waals surface area contributed by atoms with E-state index in [1.54, 1.807) is 24.3 Å². The fourth-order valence-electron chi connectivity index (χ4n) is 3.25. The van der Waals surface area contributed by atoms with E-state index in [-0.39, 0.29) is 18.6 Å². The Bertz CT molecular complexity index is 1000. The van der Waals surface area contributed by atoms with Gasteiger partial charge in [0.25, 0.3) is 5.91 Å². The number of hydrogen-bond acceptors (Lipinski definition) is 5. The molecule has 2 aromatic rings. The third kappa shape index (κ3) is 4.58. The summed E-state index contributed by atoms with van der Waals surface area (Å²) in [5.41, 5.74) is 4.22. The van der Waals surface area contributed by atoms with Crippen LogP contribution in [0.1, 0.15) is 29.2 Å². The molecule has 0 radical (unpaired) electrons. The molecule has 0 saturated carbocycles. The fraction of sp³-hybridized carbons (Fsp3) is 0.300. The van der Waals surface area contributed by atoms with E-state index in [2.05, 4.69) is 9.82 Å². The number of carbonyl (C=O) groups excluding carboxylic acids is 1. The first kappa shape index (κ1) is 20.0. The highest BCUT2D eigenvalue weighted by atomic mass is 32.2. The van der Waals surface area contributed by atoms with Crippen LogP contribution in [0.5, 0.6) is 0 Å². The molecular weight excluding hydrogens is 378 g/mol. The second kappa shape index (κ2) is 8.12. The van der Waals surface area contributed by atoms with Gasteiger partial charge >= 0.3 is 0 Å². The highest BCUT2D eigenvalue weighted by Crippen LogP contribution is 2.34. The van der Waals surface area contributed by atoms with Gasteiger partial charge in [-0.1, -0.05) is 36.4 Å². The Morgan fingerprint density at radius 3 is 2.50 bits per heavy atom. The maximum atomic E-state index is 12.5. The van der Waals surface area contributed by atoms with Gasteiger partial charge in [-0.25, -0.2) is 13.4 Å². The molecule has 2 aromatic carbocycles. The molecule has 1 aliphatic rings. The molecule has 0 spiro atoms. The van der Waals surface area contributed by atoms with Crippen LogP contribution < -0.4 is 4.72 Å². The Morgan fingerprint density at radius 1 is 1.21 bits per heavy atom. The monoisotopic (exact) mass is 401 g/mol. The Balaban J connectivity index is 1.90. The zero-order valence-corrected chi connectivity index (χ0v) is 16.9. The SMILES string of the molecule is COCC(=O)N1N=C(c2ccc(NS(C)(=O)=O)cc2)C[C@H]1c1ccccc1C. The van der Waals surface area contributed by atoms with E-state index in [9.17, 15) is 13.2 Å². The van der Waals surface area contributed by atoms with Crippen molar-refractivity contribution in [2.45, 2.75) is 19.4 Å².